The van der Waals surface area contributed by atoms with Gasteiger partial charge in [0.1, 0.15) is 11.9 Å². The van der Waals surface area contributed by atoms with Gasteiger partial charge in [-0.2, -0.15) is 5.26 Å². The van der Waals surface area contributed by atoms with E-state index >= 15 is 0 Å². The van der Waals surface area contributed by atoms with Crippen molar-refractivity contribution in [2.24, 2.45) is 0 Å². The first-order valence-electron chi connectivity index (χ1n) is 4.41. The van der Waals surface area contributed by atoms with Crippen LogP contribution in [0.1, 0.15) is 18.1 Å². The molecule has 0 atom stereocenters. The van der Waals surface area contributed by atoms with Gasteiger partial charge in [-0.25, -0.2) is 4.39 Å². The first kappa shape index (κ1) is 9.88. The first-order valence-corrected chi connectivity index (χ1v) is 5.28. The molecular formula is C12H8FNS. The molecule has 0 fully saturated rings. The van der Waals surface area contributed by atoms with Crippen LogP contribution < -0.4 is 0 Å². The fourth-order valence-electron chi connectivity index (χ4n) is 1.55. The van der Waals surface area contributed by atoms with E-state index in [4.69, 9.17) is 5.26 Å². The first-order chi connectivity index (χ1) is 7.15. The van der Waals surface area contributed by atoms with Crippen molar-refractivity contribution in [1.29, 1.82) is 5.26 Å². The molecule has 0 amide bonds. The second-order valence-corrected chi connectivity index (χ2v) is 4.22. The number of nitriles is 1. The van der Waals surface area contributed by atoms with Crippen LogP contribution in [0.5, 0.6) is 0 Å². The zero-order valence-corrected chi connectivity index (χ0v) is 8.99. The molecule has 74 valence electrons. The fraction of sp³-hybridized carbons (Fsp3) is 0.0833. The molecule has 3 heteroatoms. The molecule has 1 aromatic carbocycles. The number of rotatable bonds is 1. The monoisotopic (exact) mass is 217 g/mol. The minimum Gasteiger partial charge on any atom is -0.205 e. The minimum atomic E-state index is -0.276. The van der Waals surface area contributed by atoms with Crippen molar-refractivity contribution in [1.82, 2.24) is 0 Å². The normalized spacial score (nSPS) is 10.2. The zero-order valence-electron chi connectivity index (χ0n) is 8.17. The summed E-state index contributed by atoms with van der Waals surface area (Å²) in [5, 5.41) is 11.3. The molecule has 1 heterocycles. The van der Waals surface area contributed by atoms with E-state index in [0.29, 0.717) is 15.6 Å². The molecular weight excluding hydrogens is 209 g/mol. The molecule has 0 saturated carbocycles. The number of nitrogens with zero attached hydrogens (tertiary/aromatic N) is 1. The maximum atomic E-state index is 13.5. The average molecular weight is 217 g/mol. The number of fused-ring (bicyclic) bond motifs is 1. The Morgan fingerprint density at radius 3 is 2.87 bits per heavy atom. The smallest absolute Gasteiger partial charge is 0.141 e. The summed E-state index contributed by atoms with van der Waals surface area (Å²) >= 11 is 1.26. The maximum absolute atomic E-state index is 13.5. The Bertz CT molecular complexity index is 589. The van der Waals surface area contributed by atoms with Gasteiger partial charge < -0.3 is 0 Å². The quantitative estimate of drug-likeness (QED) is 0.709. The van der Waals surface area contributed by atoms with E-state index in [2.05, 4.69) is 12.6 Å². The molecule has 0 aliphatic rings. The highest BCUT2D eigenvalue weighted by atomic mass is 32.1. The van der Waals surface area contributed by atoms with Crippen molar-refractivity contribution in [2.75, 3.05) is 0 Å². The van der Waals surface area contributed by atoms with E-state index < -0.39 is 0 Å². The van der Waals surface area contributed by atoms with Crippen LogP contribution in [0, 0.1) is 17.1 Å². The molecule has 15 heavy (non-hydrogen) atoms. The molecule has 0 N–H and O–H groups in total. The van der Waals surface area contributed by atoms with Gasteiger partial charge in [0.25, 0.3) is 0 Å². The van der Waals surface area contributed by atoms with Crippen LogP contribution in [-0.2, 0) is 0 Å². The van der Waals surface area contributed by atoms with Gasteiger partial charge in [-0.3, -0.25) is 0 Å². The molecule has 1 aromatic heterocycles. The Balaban J connectivity index is 2.95. The summed E-state index contributed by atoms with van der Waals surface area (Å²) in [5.41, 5.74) is 2.21. The minimum absolute atomic E-state index is 0.276. The van der Waals surface area contributed by atoms with Gasteiger partial charge in [0.05, 0.1) is 10.3 Å². The Labute approximate surface area is 91.1 Å². The lowest BCUT2D eigenvalue weighted by Gasteiger charge is -2.03. The van der Waals surface area contributed by atoms with Crippen LogP contribution in [0.4, 0.5) is 4.39 Å². The molecule has 0 bridgehead atoms. The van der Waals surface area contributed by atoms with Crippen LogP contribution in [0.15, 0.2) is 24.1 Å². The van der Waals surface area contributed by atoms with Crippen LogP contribution in [0.25, 0.3) is 15.7 Å². The lowest BCUT2D eigenvalue weighted by molar-refractivity contribution is 0.641. The number of hydrogen-bond donors (Lipinski definition) is 0. The number of halogens is 1. The molecule has 0 spiro atoms. The molecule has 0 aliphatic heterocycles. The van der Waals surface area contributed by atoms with Gasteiger partial charge >= 0.3 is 0 Å². The molecule has 0 unspecified atom stereocenters. The van der Waals surface area contributed by atoms with Crippen LogP contribution in [-0.4, -0.2) is 0 Å². The summed E-state index contributed by atoms with van der Waals surface area (Å²) < 4.78 is 14.0. The molecule has 0 saturated heterocycles. The van der Waals surface area contributed by atoms with Crippen molar-refractivity contribution in [3.8, 4) is 6.07 Å². The molecule has 2 rings (SSSR count). The summed E-state index contributed by atoms with van der Waals surface area (Å²) in [6.07, 6.45) is 0. The summed E-state index contributed by atoms with van der Waals surface area (Å²) in [7, 11) is 0. The molecule has 2 aromatic rings. The van der Waals surface area contributed by atoms with E-state index in [9.17, 15) is 4.39 Å². The van der Waals surface area contributed by atoms with Crippen molar-refractivity contribution in [3.05, 3.63) is 41.0 Å². The summed E-state index contributed by atoms with van der Waals surface area (Å²) in [5.74, 6) is -0.276. The predicted octanol–water partition coefficient (Wildman–Crippen LogP) is 3.95. The van der Waals surface area contributed by atoms with Crippen LogP contribution >= 0.6 is 11.3 Å². The summed E-state index contributed by atoms with van der Waals surface area (Å²) in [4.78, 5) is 0. The summed E-state index contributed by atoms with van der Waals surface area (Å²) in [6, 6.07) is 5.17. The zero-order chi connectivity index (χ0) is 11.0. The SMILES string of the molecule is C=C(C)c1ccc(F)c2scc(C#N)c12. The third-order valence-electron chi connectivity index (χ3n) is 2.25. The Morgan fingerprint density at radius 1 is 1.53 bits per heavy atom. The third-order valence-corrected chi connectivity index (χ3v) is 3.24. The second kappa shape index (κ2) is 3.48. The van der Waals surface area contributed by atoms with Crippen molar-refractivity contribution in [3.63, 3.8) is 0 Å². The lowest BCUT2D eigenvalue weighted by Crippen LogP contribution is -1.84. The largest absolute Gasteiger partial charge is 0.205 e. The Morgan fingerprint density at radius 2 is 2.27 bits per heavy atom. The number of hydrogen-bond acceptors (Lipinski definition) is 2. The Hall–Kier alpha value is -1.66. The van der Waals surface area contributed by atoms with Crippen molar-refractivity contribution >= 4 is 27.0 Å². The standard InChI is InChI=1S/C12H8FNS/c1-7(2)9-3-4-10(13)12-11(9)8(5-14)6-15-12/h3-4,6H,1H2,2H3. The third kappa shape index (κ3) is 1.43. The Kier molecular flexibility index (Phi) is 2.29. The van der Waals surface area contributed by atoms with Gasteiger partial charge in [-0.15, -0.1) is 11.3 Å². The van der Waals surface area contributed by atoms with E-state index in [-0.39, 0.29) is 5.82 Å². The van der Waals surface area contributed by atoms with Gasteiger partial charge in [-0.05, 0) is 18.6 Å². The number of thiophene rings is 1. The van der Waals surface area contributed by atoms with E-state index in [1.54, 1.807) is 11.4 Å². The van der Waals surface area contributed by atoms with Gasteiger partial charge in [0, 0.05) is 10.8 Å². The molecule has 0 radical (unpaired) electrons. The highest BCUT2D eigenvalue weighted by Crippen LogP contribution is 2.33. The number of allylic oxidation sites excluding steroid dienone is 1. The maximum Gasteiger partial charge on any atom is 0.141 e. The van der Waals surface area contributed by atoms with Gasteiger partial charge in [0.2, 0.25) is 0 Å². The molecule has 1 nitrogen and oxygen atoms in total. The van der Waals surface area contributed by atoms with Crippen LogP contribution in [0.3, 0.4) is 0 Å². The average Bonchev–Trinajstić information content (AvgIpc) is 2.62. The van der Waals surface area contributed by atoms with Gasteiger partial charge in [-0.1, -0.05) is 18.2 Å². The second-order valence-electron chi connectivity index (χ2n) is 3.34. The van der Waals surface area contributed by atoms with E-state index in [1.165, 1.54) is 17.4 Å². The lowest BCUT2D eigenvalue weighted by atomic mass is 10.0. The number of benzene rings is 1. The topological polar surface area (TPSA) is 23.8 Å². The predicted molar refractivity (Wildman–Crippen MR) is 61.2 cm³/mol. The fourth-order valence-corrected chi connectivity index (χ4v) is 2.48. The molecule has 0 aliphatic carbocycles. The van der Waals surface area contributed by atoms with Gasteiger partial charge in [0.15, 0.2) is 0 Å². The van der Waals surface area contributed by atoms with Crippen molar-refractivity contribution < 1.29 is 4.39 Å². The van der Waals surface area contributed by atoms with E-state index in [1.807, 2.05) is 6.92 Å². The van der Waals surface area contributed by atoms with Crippen LogP contribution in [0.2, 0.25) is 0 Å². The summed E-state index contributed by atoms with van der Waals surface area (Å²) in [6.45, 7) is 5.69. The highest BCUT2D eigenvalue weighted by molar-refractivity contribution is 7.17. The highest BCUT2D eigenvalue weighted by Gasteiger charge is 2.12. The van der Waals surface area contributed by atoms with Crippen molar-refractivity contribution in [2.45, 2.75) is 6.92 Å². The van der Waals surface area contributed by atoms with E-state index in [0.717, 1.165) is 11.1 Å².